The number of para-hydroxylation sites is 2. The third kappa shape index (κ3) is 6.22. The van der Waals surface area contributed by atoms with E-state index in [1.54, 1.807) is 43.5 Å². The van der Waals surface area contributed by atoms with Crippen LogP contribution >= 0.6 is 15.9 Å². The van der Waals surface area contributed by atoms with Gasteiger partial charge in [-0.3, -0.25) is 9.59 Å². The van der Waals surface area contributed by atoms with Crippen LogP contribution in [0.25, 0.3) is 33.5 Å². The van der Waals surface area contributed by atoms with Gasteiger partial charge in [-0.15, -0.1) is 0 Å². The molecule has 0 spiro atoms. The highest BCUT2D eigenvalue weighted by Gasteiger charge is 2.19. The summed E-state index contributed by atoms with van der Waals surface area (Å²) >= 11 is 3.55. The lowest BCUT2D eigenvalue weighted by atomic mass is 10.2. The number of aryl methyl sites for hydroxylation is 1. The maximum atomic E-state index is 13.7. The molecular weight excluding hydrogens is 652 g/mol. The van der Waals surface area contributed by atoms with Crippen molar-refractivity contribution in [1.82, 2.24) is 9.66 Å². The first-order valence-electron chi connectivity index (χ1n) is 14.4. The molecule has 0 unspecified atom stereocenters. The summed E-state index contributed by atoms with van der Waals surface area (Å²) in [5.41, 5.74) is 2.99. The molecule has 0 aliphatic rings. The lowest BCUT2D eigenvalue weighted by Crippen LogP contribution is -2.21. The highest BCUT2D eigenvalue weighted by molar-refractivity contribution is 9.10. The number of nitrogens with zero attached hydrogens (tertiary/aromatic N) is 3. The van der Waals surface area contributed by atoms with Gasteiger partial charge in [0.05, 0.1) is 40.7 Å². The van der Waals surface area contributed by atoms with Crippen molar-refractivity contribution in [2.24, 2.45) is 5.10 Å². The van der Waals surface area contributed by atoms with Gasteiger partial charge in [-0.2, -0.15) is 9.78 Å². The van der Waals surface area contributed by atoms with Gasteiger partial charge in [0.25, 0.3) is 11.5 Å². The maximum Gasteiger partial charge on any atom is 0.282 e. The zero-order chi connectivity index (χ0) is 32.2. The van der Waals surface area contributed by atoms with Crippen LogP contribution in [0.15, 0.2) is 104 Å². The number of fused-ring (bicyclic) bond motifs is 2. The summed E-state index contributed by atoms with van der Waals surface area (Å²) in [6.45, 7) is 3.88. The summed E-state index contributed by atoms with van der Waals surface area (Å²) < 4.78 is 25.1. The van der Waals surface area contributed by atoms with Crippen molar-refractivity contribution in [1.29, 1.82) is 0 Å². The second-order valence-electron chi connectivity index (χ2n) is 10.2. The number of methoxy groups -OCH3 is 1. The Bertz CT molecular complexity index is 2170. The van der Waals surface area contributed by atoms with Crippen molar-refractivity contribution >= 4 is 55.6 Å². The van der Waals surface area contributed by atoms with Gasteiger partial charge < -0.3 is 23.9 Å². The van der Waals surface area contributed by atoms with Crippen LogP contribution < -0.4 is 25.1 Å². The highest BCUT2D eigenvalue weighted by atomic mass is 79.9. The maximum absolute atomic E-state index is 13.7. The van der Waals surface area contributed by atoms with Gasteiger partial charge in [-0.25, -0.2) is 4.98 Å². The van der Waals surface area contributed by atoms with E-state index in [1.165, 1.54) is 10.9 Å². The standard InChI is InChI=1S/C35H29BrN4O6/c1-4-44-30-17-22(16-25(36)33(30)45-20-32(41)38-26-12-7-5-10-21(26)2)19-37-40-34(39-27-13-8-6-11-23(27)35(40)42)31-18-24-28(43-3)14-9-15-29(24)46-31/h5-19H,4,20H2,1-3H3,(H,38,41). The lowest BCUT2D eigenvalue weighted by Gasteiger charge is -2.15. The number of carbonyl (C=O) groups excluding carboxylic acids is 1. The van der Waals surface area contributed by atoms with Crippen LogP contribution in [0.1, 0.15) is 18.1 Å². The molecular formula is C35H29BrN4O6. The molecule has 0 saturated carbocycles. The van der Waals surface area contributed by atoms with Crippen molar-refractivity contribution in [2.75, 3.05) is 25.6 Å². The number of furan rings is 1. The molecule has 4 aromatic carbocycles. The molecule has 0 fully saturated rings. The second-order valence-corrected chi connectivity index (χ2v) is 11.1. The Morgan fingerprint density at radius 2 is 1.80 bits per heavy atom. The molecule has 2 heterocycles. The molecule has 0 radical (unpaired) electrons. The SMILES string of the molecule is CCOc1cc(C=Nn2c(-c3cc4c(OC)cccc4o3)nc3ccccc3c2=O)cc(Br)c1OCC(=O)Nc1ccccc1C. The number of halogens is 1. The van der Waals surface area contributed by atoms with Crippen molar-refractivity contribution in [3.63, 3.8) is 0 Å². The van der Waals surface area contributed by atoms with E-state index in [2.05, 4.69) is 26.3 Å². The number of ether oxygens (including phenoxy) is 3. The minimum Gasteiger partial charge on any atom is -0.496 e. The van der Waals surface area contributed by atoms with Crippen molar-refractivity contribution in [2.45, 2.75) is 13.8 Å². The molecule has 0 atom stereocenters. The molecule has 46 heavy (non-hydrogen) atoms. The van der Waals surface area contributed by atoms with Gasteiger partial charge in [-0.05, 0) is 89.4 Å². The van der Waals surface area contributed by atoms with Crippen molar-refractivity contribution < 1.29 is 23.4 Å². The summed E-state index contributed by atoms with van der Waals surface area (Å²) in [5.74, 6) is 1.66. The summed E-state index contributed by atoms with van der Waals surface area (Å²) in [6, 6.07) is 25.3. The first-order chi connectivity index (χ1) is 22.4. The smallest absolute Gasteiger partial charge is 0.282 e. The van der Waals surface area contributed by atoms with Gasteiger partial charge in [0.1, 0.15) is 11.3 Å². The first kappa shape index (κ1) is 30.6. The fraction of sp³-hybridized carbons (Fsp3) is 0.143. The van der Waals surface area contributed by atoms with E-state index in [0.29, 0.717) is 61.8 Å². The topological polar surface area (TPSA) is 117 Å². The number of carbonyl (C=O) groups is 1. The number of nitrogens with one attached hydrogen (secondary N) is 1. The summed E-state index contributed by atoms with van der Waals surface area (Å²) in [4.78, 5) is 31.1. The fourth-order valence-electron chi connectivity index (χ4n) is 4.94. The number of anilines is 1. The van der Waals surface area contributed by atoms with E-state index in [9.17, 15) is 9.59 Å². The zero-order valence-corrected chi connectivity index (χ0v) is 26.8. The molecule has 6 aromatic rings. The third-order valence-electron chi connectivity index (χ3n) is 7.14. The van der Waals surface area contributed by atoms with E-state index < -0.39 is 0 Å². The Morgan fingerprint density at radius 1 is 1.00 bits per heavy atom. The van der Waals surface area contributed by atoms with E-state index in [4.69, 9.17) is 23.6 Å². The number of aromatic nitrogens is 2. The monoisotopic (exact) mass is 680 g/mol. The minimum atomic E-state index is -0.368. The number of amides is 1. The van der Waals surface area contributed by atoms with Crippen molar-refractivity contribution in [3.8, 4) is 28.8 Å². The highest BCUT2D eigenvalue weighted by Crippen LogP contribution is 2.37. The molecule has 10 nitrogen and oxygen atoms in total. The Hall–Kier alpha value is -5.42. The van der Waals surface area contributed by atoms with Gasteiger partial charge >= 0.3 is 0 Å². The largest absolute Gasteiger partial charge is 0.496 e. The molecule has 11 heteroatoms. The van der Waals surface area contributed by atoms with E-state index in [-0.39, 0.29) is 23.9 Å². The average Bonchev–Trinajstić information content (AvgIpc) is 3.50. The molecule has 6 rings (SSSR count). The van der Waals surface area contributed by atoms with Crippen LogP contribution in [0.3, 0.4) is 0 Å². The number of hydrogen-bond acceptors (Lipinski definition) is 8. The summed E-state index contributed by atoms with van der Waals surface area (Å²) in [6.07, 6.45) is 1.52. The number of rotatable bonds is 10. The van der Waals surface area contributed by atoms with Gasteiger partial charge in [-0.1, -0.05) is 36.4 Å². The number of hydrogen-bond donors (Lipinski definition) is 1. The first-order valence-corrected chi connectivity index (χ1v) is 15.2. The van der Waals surface area contributed by atoms with Crippen LogP contribution in [0.5, 0.6) is 17.2 Å². The second kappa shape index (κ2) is 13.3. The Morgan fingerprint density at radius 3 is 2.61 bits per heavy atom. The van der Waals surface area contributed by atoms with E-state index in [0.717, 1.165) is 10.9 Å². The quantitative estimate of drug-likeness (QED) is 0.152. The Kier molecular flexibility index (Phi) is 8.84. The predicted octanol–water partition coefficient (Wildman–Crippen LogP) is 7.19. The summed E-state index contributed by atoms with van der Waals surface area (Å²) in [7, 11) is 1.58. The van der Waals surface area contributed by atoms with Crippen LogP contribution in [0.4, 0.5) is 5.69 Å². The van der Waals surface area contributed by atoms with Gasteiger partial charge in [0.2, 0.25) is 5.82 Å². The molecule has 0 aliphatic carbocycles. The summed E-state index contributed by atoms with van der Waals surface area (Å²) in [5, 5.41) is 8.56. The van der Waals surface area contributed by atoms with Gasteiger partial charge in [0, 0.05) is 5.69 Å². The molecule has 1 amide bonds. The van der Waals surface area contributed by atoms with Crippen LogP contribution in [-0.2, 0) is 4.79 Å². The fourth-order valence-corrected chi connectivity index (χ4v) is 5.51. The molecule has 0 aliphatic heterocycles. The molecule has 0 bridgehead atoms. The van der Waals surface area contributed by atoms with E-state index >= 15 is 0 Å². The van der Waals surface area contributed by atoms with E-state index in [1.807, 2.05) is 62.4 Å². The van der Waals surface area contributed by atoms with Gasteiger partial charge in [0.15, 0.2) is 23.9 Å². The van der Waals surface area contributed by atoms with Crippen molar-refractivity contribution in [3.05, 3.63) is 111 Å². The average molecular weight is 682 g/mol. The minimum absolute atomic E-state index is 0.224. The third-order valence-corrected chi connectivity index (χ3v) is 7.73. The molecule has 1 N–H and O–H groups in total. The molecule has 232 valence electrons. The van der Waals surface area contributed by atoms with Crippen LogP contribution in [-0.4, -0.2) is 42.1 Å². The Balaban J connectivity index is 1.34. The van der Waals surface area contributed by atoms with Crippen LogP contribution in [0.2, 0.25) is 0 Å². The lowest BCUT2D eigenvalue weighted by molar-refractivity contribution is -0.118. The normalized spacial score (nSPS) is 11.3. The van der Waals surface area contributed by atoms with Crippen LogP contribution in [0, 0.1) is 6.92 Å². The molecule has 2 aromatic heterocycles. The zero-order valence-electron chi connectivity index (χ0n) is 25.2. The Labute approximate surface area is 272 Å². The predicted molar refractivity (Wildman–Crippen MR) is 181 cm³/mol. The molecule has 0 saturated heterocycles. The number of benzene rings is 4.